The summed E-state index contributed by atoms with van der Waals surface area (Å²) in [6.45, 7) is 1.68. The maximum Gasteiger partial charge on any atom is 0.261 e. The van der Waals surface area contributed by atoms with Gasteiger partial charge in [0.15, 0.2) is 5.78 Å². The van der Waals surface area contributed by atoms with Crippen molar-refractivity contribution in [1.82, 2.24) is 0 Å². The van der Waals surface area contributed by atoms with E-state index in [1.54, 1.807) is 61.5 Å². The van der Waals surface area contributed by atoms with Gasteiger partial charge in [-0.05, 0) is 73.2 Å². The number of nitrogens with one attached hydrogen (secondary N) is 2. The highest BCUT2D eigenvalue weighted by Gasteiger charge is 2.21. The van der Waals surface area contributed by atoms with Crippen LogP contribution in [0.3, 0.4) is 0 Å². The Morgan fingerprint density at radius 2 is 1.36 bits per heavy atom. The van der Waals surface area contributed by atoms with Crippen LogP contribution in [0.5, 0.6) is 0 Å². The molecule has 0 heterocycles. The molecule has 0 aromatic heterocycles. The summed E-state index contributed by atoms with van der Waals surface area (Å²) in [5.74, 6) is -0.721. The van der Waals surface area contributed by atoms with Gasteiger partial charge in [0, 0.05) is 32.4 Å². The topological polar surface area (TPSA) is 92.3 Å². The largest absolute Gasteiger partial charge is 0.322 e. The number of sulfonamides is 1. The molecular formula is C27H20Cl2N2O4S. The van der Waals surface area contributed by atoms with Crippen LogP contribution in [0.15, 0.2) is 95.9 Å². The molecule has 4 rings (SSSR count). The number of anilines is 2. The lowest BCUT2D eigenvalue weighted by Crippen LogP contribution is -2.17. The van der Waals surface area contributed by atoms with Gasteiger partial charge >= 0.3 is 0 Å². The second-order valence-electron chi connectivity index (χ2n) is 7.93. The predicted molar refractivity (Wildman–Crippen MR) is 143 cm³/mol. The van der Waals surface area contributed by atoms with Gasteiger partial charge in [-0.2, -0.15) is 0 Å². The highest BCUT2D eigenvalue weighted by atomic mass is 35.5. The zero-order valence-corrected chi connectivity index (χ0v) is 21.3. The summed E-state index contributed by atoms with van der Waals surface area (Å²) in [6.07, 6.45) is 0. The summed E-state index contributed by atoms with van der Waals surface area (Å²) < 4.78 is 28.9. The second kappa shape index (κ2) is 10.5. The van der Waals surface area contributed by atoms with Crippen LogP contribution in [0, 0.1) is 6.92 Å². The van der Waals surface area contributed by atoms with Crippen molar-refractivity contribution in [3.8, 4) is 0 Å². The van der Waals surface area contributed by atoms with E-state index in [9.17, 15) is 18.0 Å². The van der Waals surface area contributed by atoms with Crippen LogP contribution in [-0.4, -0.2) is 20.1 Å². The van der Waals surface area contributed by atoms with Crippen molar-refractivity contribution >= 4 is 56.3 Å². The van der Waals surface area contributed by atoms with Crippen LogP contribution in [0.4, 0.5) is 11.4 Å². The minimum atomic E-state index is -4.06. The third-order valence-electron chi connectivity index (χ3n) is 5.37. The van der Waals surface area contributed by atoms with Crippen LogP contribution in [0.1, 0.15) is 31.8 Å². The second-order valence-corrected chi connectivity index (χ2v) is 10.5. The Hall–Kier alpha value is -3.65. The van der Waals surface area contributed by atoms with E-state index in [4.69, 9.17) is 23.2 Å². The van der Waals surface area contributed by atoms with Gasteiger partial charge in [0.2, 0.25) is 0 Å². The molecule has 0 unspecified atom stereocenters. The van der Waals surface area contributed by atoms with E-state index in [0.29, 0.717) is 32.4 Å². The van der Waals surface area contributed by atoms with Crippen molar-refractivity contribution in [3.63, 3.8) is 0 Å². The number of benzene rings is 4. The summed E-state index contributed by atoms with van der Waals surface area (Å²) >= 11 is 12.0. The Labute approximate surface area is 218 Å². The number of hydrogen-bond acceptors (Lipinski definition) is 4. The Kier molecular flexibility index (Phi) is 7.45. The molecule has 182 valence electrons. The molecule has 0 aliphatic carbocycles. The zero-order valence-electron chi connectivity index (χ0n) is 19.0. The molecular weight excluding hydrogens is 519 g/mol. The first-order chi connectivity index (χ1) is 17.1. The number of aryl methyl sites for hydroxylation is 1. The number of halogens is 2. The zero-order chi connectivity index (χ0) is 25.9. The van der Waals surface area contributed by atoms with Gasteiger partial charge in [-0.1, -0.05) is 53.5 Å². The molecule has 4 aromatic rings. The smallest absolute Gasteiger partial charge is 0.261 e. The van der Waals surface area contributed by atoms with E-state index in [-0.39, 0.29) is 27.8 Å². The molecule has 6 nitrogen and oxygen atoms in total. The number of rotatable bonds is 7. The number of ketones is 1. The van der Waals surface area contributed by atoms with Crippen LogP contribution >= 0.6 is 23.2 Å². The first kappa shape index (κ1) is 25.4. The van der Waals surface area contributed by atoms with Crippen LogP contribution in [-0.2, 0) is 10.0 Å². The summed E-state index contributed by atoms with van der Waals surface area (Å²) in [5.41, 5.74) is 2.04. The summed E-state index contributed by atoms with van der Waals surface area (Å²) in [6, 6.07) is 23.6. The molecule has 4 aromatic carbocycles. The lowest BCUT2D eigenvalue weighted by atomic mass is 10.0. The standard InChI is InChI=1S/C27H20Cl2N2O4S/c1-17-15-22(12-14-24(17)30-27(33)19-7-9-20(28)10-8-19)36(34,35)31-25-13-11-21(29)16-23(25)26(32)18-5-3-2-4-6-18/h2-16,31H,1H3,(H,30,33). The van der Waals surface area contributed by atoms with Gasteiger partial charge in [-0.3, -0.25) is 14.3 Å². The average molecular weight is 539 g/mol. The van der Waals surface area contributed by atoms with Gasteiger partial charge < -0.3 is 5.32 Å². The molecule has 0 saturated heterocycles. The molecule has 0 bridgehead atoms. The number of carbonyl (C=O) groups excluding carboxylic acids is 2. The van der Waals surface area contributed by atoms with Gasteiger partial charge in [0.1, 0.15) is 0 Å². The van der Waals surface area contributed by atoms with E-state index in [1.165, 1.54) is 36.4 Å². The van der Waals surface area contributed by atoms with Crippen molar-refractivity contribution in [2.45, 2.75) is 11.8 Å². The minimum Gasteiger partial charge on any atom is -0.322 e. The molecule has 0 saturated carbocycles. The fourth-order valence-corrected chi connectivity index (χ4v) is 4.94. The van der Waals surface area contributed by atoms with Crippen molar-refractivity contribution in [1.29, 1.82) is 0 Å². The Balaban J connectivity index is 1.59. The van der Waals surface area contributed by atoms with Crippen molar-refractivity contribution in [2.75, 3.05) is 10.0 Å². The van der Waals surface area contributed by atoms with Gasteiger partial charge in [0.05, 0.1) is 10.6 Å². The monoisotopic (exact) mass is 538 g/mol. The van der Waals surface area contributed by atoms with Gasteiger partial charge in [-0.15, -0.1) is 0 Å². The van der Waals surface area contributed by atoms with E-state index >= 15 is 0 Å². The van der Waals surface area contributed by atoms with E-state index in [0.717, 1.165) is 0 Å². The van der Waals surface area contributed by atoms with E-state index in [1.807, 2.05) is 0 Å². The lowest BCUT2D eigenvalue weighted by molar-refractivity contribution is 0.102. The van der Waals surface area contributed by atoms with Crippen molar-refractivity contribution in [3.05, 3.63) is 123 Å². The third-order valence-corrected chi connectivity index (χ3v) is 7.22. The maximum atomic E-state index is 13.2. The van der Waals surface area contributed by atoms with Crippen molar-refractivity contribution < 1.29 is 18.0 Å². The highest BCUT2D eigenvalue weighted by molar-refractivity contribution is 7.92. The molecule has 0 atom stereocenters. The van der Waals surface area contributed by atoms with E-state index < -0.39 is 10.0 Å². The van der Waals surface area contributed by atoms with Gasteiger partial charge in [-0.25, -0.2) is 8.42 Å². The first-order valence-electron chi connectivity index (χ1n) is 10.7. The SMILES string of the molecule is Cc1cc(S(=O)(=O)Nc2ccc(Cl)cc2C(=O)c2ccccc2)ccc1NC(=O)c1ccc(Cl)cc1. The lowest BCUT2D eigenvalue weighted by Gasteiger charge is -2.14. The average Bonchev–Trinajstić information content (AvgIpc) is 2.86. The molecule has 1 amide bonds. The third kappa shape index (κ3) is 5.76. The number of hydrogen-bond donors (Lipinski definition) is 2. The normalized spacial score (nSPS) is 11.1. The number of amides is 1. The van der Waals surface area contributed by atoms with Crippen molar-refractivity contribution in [2.24, 2.45) is 0 Å². The molecule has 0 radical (unpaired) electrons. The summed E-state index contributed by atoms with van der Waals surface area (Å²) in [7, 11) is -4.06. The molecule has 0 aliphatic rings. The quantitative estimate of drug-likeness (QED) is 0.259. The molecule has 0 aliphatic heterocycles. The predicted octanol–water partition coefficient (Wildman–Crippen LogP) is 6.59. The summed E-state index contributed by atoms with van der Waals surface area (Å²) in [4.78, 5) is 25.5. The van der Waals surface area contributed by atoms with Crippen LogP contribution in [0.25, 0.3) is 0 Å². The fraction of sp³-hybridized carbons (Fsp3) is 0.0370. The molecule has 36 heavy (non-hydrogen) atoms. The Bertz CT molecular complexity index is 1550. The first-order valence-corrected chi connectivity index (χ1v) is 13.0. The Morgan fingerprint density at radius 3 is 2.03 bits per heavy atom. The maximum absolute atomic E-state index is 13.2. The van der Waals surface area contributed by atoms with Crippen LogP contribution < -0.4 is 10.0 Å². The fourth-order valence-electron chi connectivity index (χ4n) is 3.48. The van der Waals surface area contributed by atoms with Crippen LogP contribution in [0.2, 0.25) is 10.0 Å². The minimum absolute atomic E-state index is 0.0300. The van der Waals surface area contributed by atoms with Gasteiger partial charge in [0.25, 0.3) is 15.9 Å². The number of carbonyl (C=O) groups is 2. The molecule has 2 N–H and O–H groups in total. The molecule has 9 heteroatoms. The van der Waals surface area contributed by atoms with E-state index in [2.05, 4.69) is 10.0 Å². The Morgan fingerprint density at radius 1 is 0.722 bits per heavy atom. The highest BCUT2D eigenvalue weighted by Crippen LogP contribution is 2.27. The molecule has 0 fully saturated rings. The summed E-state index contributed by atoms with van der Waals surface area (Å²) in [5, 5.41) is 3.58. The molecule has 0 spiro atoms.